The lowest BCUT2D eigenvalue weighted by molar-refractivity contribution is 0.262. The molecule has 3 rings (SSSR count). The van der Waals surface area contributed by atoms with Crippen molar-refractivity contribution in [1.82, 2.24) is 10.2 Å². The van der Waals surface area contributed by atoms with Gasteiger partial charge in [-0.3, -0.25) is 0 Å². The molecule has 2 aromatic carbocycles. The molecule has 23 heavy (non-hydrogen) atoms. The summed E-state index contributed by atoms with van der Waals surface area (Å²) in [5, 5.41) is 7.97. The second-order valence-electron chi connectivity index (χ2n) is 4.98. The Bertz CT molecular complexity index is 813. The van der Waals surface area contributed by atoms with E-state index in [0.717, 1.165) is 21.3 Å². The number of benzene rings is 2. The van der Waals surface area contributed by atoms with Crippen LogP contribution in [0.1, 0.15) is 22.9 Å². The quantitative estimate of drug-likeness (QED) is 0.641. The second-order valence-corrected chi connectivity index (χ2v) is 5.83. The molecule has 0 saturated carbocycles. The van der Waals surface area contributed by atoms with Gasteiger partial charge in [-0.05, 0) is 42.3 Å². The molecule has 0 aliphatic rings. The van der Waals surface area contributed by atoms with Crippen LogP contribution in [0.4, 0.5) is 0 Å². The van der Waals surface area contributed by atoms with Crippen molar-refractivity contribution in [3.05, 3.63) is 75.9 Å². The molecule has 0 atom stereocenters. The van der Waals surface area contributed by atoms with E-state index in [4.69, 9.17) is 9.15 Å². The first-order valence-electron chi connectivity index (χ1n) is 7.15. The molecule has 0 fully saturated rings. The van der Waals surface area contributed by atoms with Crippen LogP contribution in [0, 0.1) is 6.92 Å². The van der Waals surface area contributed by atoms with Crippen molar-refractivity contribution in [2.24, 2.45) is 0 Å². The lowest BCUT2D eigenvalue weighted by Gasteiger charge is -2.05. The fourth-order valence-corrected chi connectivity index (χ4v) is 2.22. The lowest BCUT2D eigenvalue weighted by atomic mass is 10.2. The maximum atomic E-state index is 5.66. The molecule has 0 aliphatic carbocycles. The summed E-state index contributed by atoms with van der Waals surface area (Å²) in [5.41, 5.74) is 2.19. The highest BCUT2D eigenvalue weighted by molar-refractivity contribution is 9.10. The molecule has 0 spiro atoms. The van der Waals surface area contributed by atoms with Gasteiger partial charge in [0.2, 0.25) is 5.89 Å². The van der Waals surface area contributed by atoms with E-state index in [-0.39, 0.29) is 6.61 Å². The summed E-state index contributed by atoms with van der Waals surface area (Å²) in [6, 6.07) is 15.7. The molecule has 4 nitrogen and oxygen atoms in total. The Morgan fingerprint density at radius 1 is 1.09 bits per heavy atom. The monoisotopic (exact) mass is 370 g/mol. The molecule has 0 saturated heterocycles. The van der Waals surface area contributed by atoms with Crippen molar-refractivity contribution in [1.29, 1.82) is 0 Å². The summed E-state index contributed by atoms with van der Waals surface area (Å²) in [4.78, 5) is 0. The van der Waals surface area contributed by atoms with Crippen LogP contribution in [0.15, 0.2) is 57.4 Å². The largest absolute Gasteiger partial charge is 0.484 e. The first-order valence-corrected chi connectivity index (χ1v) is 7.94. The number of rotatable bonds is 5. The van der Waals surface area contributed by atoms with Gasteiger partial charge in [-0.2, -0.15) is 0 Å². The molecular weight excluding hydrogens is 356 g/mol. The van der Waals surface area contributed by atoms with Gasteiger partial charge in [0.15, 0.2) is 6.61 Å². The molecule has 3 aromatic rings. The van der Waals surface area contributed by atoms with Crippen LogP contribution in [0.25, 0.3) is 12.2 Å². The summed E-state index contributed by atoms with van der Waals surface area (Å²) in [6.45, 7) is 2.25. The zero-order valence-electron chi connectivity index (χ0n) is 12.6. The second kappa shape index (κ2) is 7.24. The third-order valence-electron chi connectivity index (χ3n) is 3.19. The lowest BCUT2D eigenvalue weighted by Crippen LogP contribution is -1.96. The fourth-order valence-electron chi connectivity index (χ4n) is 1.98. The minimum Gasteiger partial charge on any atom is -0.484 e. The summed E-state index contributed by atoms with van der Waals surface area (Å²) in [6.07, 6.45) is 3.71. The zero-order chi connectivity index (χ0) is 16.1. The minimum absolute atomic E-state index is 0.243. The van der Waals surface area contributed by atoms with Gasteiger partial charge in [0.1, 0.15) is 5.75 Å². The molecule has 1 aromatic heterocycles. The Balaban J connectivity index is 1.61. The standard InChI is InChI=1S/C18H15BrN2O2/c1-13-11-15(8-9-16(13)19)22-12-18-21-20-17(23-18)10-7-14-5-3-2-4-6-14/h2-11H,12H2,1H3/b10-7-. The SMILES string of the molecule is Cc1cc(OCc2nnc(/C=C\c3ccccc3)o2)ccc1Br. The van der Waals surface area contributed by atoms with Crippen LogP contribution in [0.2, 0.25) is 0 Å². The van der Waals surface area contributed by atoms with E-state index in [1.807, 2.05) is 61.5 Å². The maximum absolute atomic E-state index is 5.66. The number of ether oxygens (including phenoxy) is 1. The predicted molar refractivity (Wildman–Crippen MR) is 92.9 cm³/mol. The third kappa shape index (κ3) is 4.29. The van der Waals surface area contributed by atoms with Crippen LogP contribution >= 0.6 is 15.9 Å². The summed E-state index contributed by atoms with van der Waals surface area (Å²) < 4.78 is 12.3. The smallest absolute Gasteiger partial charge is 0.254 e. The molecule has 0 amide bonds. The molecule has 0 aliphatic heterocycles. The van der Waals surface area contributed by atoms with E-state index >= 15 is 0 Å². The topological polar surface area (TPSA) is 48.2 Å². The van der Waals surface area contributed by atoms with Crippen LogP contribution in [0.3, 0.4) is 0 Å². The van der Waals surface area contributed by atoms with Gasteiger partial charge in [0.05, 0.1) is 0 Å². The summed E-state index contributed by atoms with van der Waals surface area (Å²) in [5.74, 6) is 1.67. The summed E-state index contributed by atoms with van der Waals surface area (Å²) >= 11 is 3.46. The Hall–Kier alpha value is -2.40. The van der Waals surface area contributed by atoms with Gasteiger partial charge in [0.25, 0.3) is 5.89 Å². The number of aryl methyl sites for hydroxylation is 1. The number of aromatic nitrogens is 2. The molecule has 0 unspecified atom stereocenters. The molecule has 5 heteroatoms. The third-order valence-corrected chi connectivity index (χ3v) is 4.08. The first kappa shape index (κ1) is 15.5. The van der Waals surface area contributed by atoms with Crippen molar-refractivity contribution < 1.29 is 9.15 Å². The Kier molecular flexibility index (Phi) is 4.88. The van der Waals surface area contributed by atoms with Crippen LogP contribution in [-0.2, 0) is 6.61 Å². The van der Waals surface area contributed by atoms with E-state index < -0.39 is 0 Å². The predicted octanol–water partition coefficient (Wildman–Crippen LogP) is 4.89. The zero-order valence-corrected chi connectivity index (χ0v) is 14.2. The molecule has 116 valence electrons. The van der Waals surface area contributed by atoms with Crippen LogP contribution in [0.5, 0.6) is 5.75 Å². The Morgan fingerprint density at radius 3 is 2.70 bits per heavy atom. The highest BCUT2D eigenvalue weighted by Gasteiger charge is 2.05. The van der Waals surface area contributed by atoms with Crippen molar-refractivity contribution >= 4 is 28.1 Å². The van der Waals surface area contributed by atoms with Crippen molar-refractivity contribution in [3.8, 4) is 5.75 Å². The maximum Gasteiger partial charge on any atom is 0.254 e. The number of hydrogen-bond donors (Lipinski definition) is 0. The average molecular weight is 371 g/mol. The molecule has 0 N–H and O–H groups in total. The molecule has 0 radical (unpaired) electrons. The molecule has 1 heterocycles. The molecule has 0 bridgehead atoms. The van der Waals surface area contributed by atoms with E-state index in [9.17, 15) is 0 Å². The van der Waals surface area contributed by atoms with Gasteiger partial charge in [-0.1, -0.05) is 46.3 Å². The van der Waals surface area contributed by atoms with Crippen molar-refractivity contribution in [3.63, 3.8) is 0 Å². The van der Waals surface area contributed by atoms with Gasteiger partial charge in [-0.25, -0.2) is 0 Å². The number of nitrogens with zero attached hydrogens (tertiary/aromatic N) is 2. The van der Waals surface area contributed by atoms with Crippen molar-refractivity contribution in [2.75, 3.05) is 0 Å². The highest BCUT2D eigenvalue weighted by atomic mass is 79.9. The van der Waals surface area contributed by atoms with Gasteiger partial charge in [0, 0.05) is 10.5 Å². The van der Waals surface area contributed by atoms with E-state index in [2.05, 4.69) is 26.1 Å². The van der Waals surface area contributed by atoms with Crippen molar-refractivity contribution in [2.45, 2.75) is 13.5 Å². The Labute approximate surface area is 142 Å². The van der Waals surface area contributed by atoms with Gasteiger partial charge in [-0.15, -0.1) is 10.2 Å². The highest BCUT2D eigenvalue weighted by Crippen LogP contribution is 2.22. The van der Waals surface area contributed by atoms with Crippen LogP contribution in [-0.4, -0.2) is 10.2 Å². The first-order chi connectivity index (χ1) is 11.2. The normalized spacial score (nSPS) is 11.0. The number of halogens is 1. The molecular formula is C18H15BrN2O2. The number of hydrogen-bond acceptors (Lipinski definition) is 4. The van der Waals surface area contributed by atoms with E-state index in [1.54, 1.807) is 6.08 Å². The van der Waals surface area contributed by atoms with E-state index in [1.165, 1.54) is 0 Å². The summed E-state index contributed by atoms with van der Waals surface area (Å²) in [7, 11) is 0. The van der Waals surface area contributed by atoms with E-state index in [0.29, 0.717) is 11.8 Å². The Morgan fingerprint density at radius 2 is 1.91 bits per heavy atom. The van der Waals surface area contributed by atoms with Crippen LogP contribution < -0.4 is 4.74 Å². The minimum atomic E-state index is 0.243. The fraction of sp³-hybridized carbons (Fsp3) is 0.111. The van der Waals surface area contributed by atoms with Gasteiger partial charge < -0.3 is 9.15 Å². The average Bonchev–Trinajstić information content (AvgIpc) is 3.03. The van der Waals surface area contributed by atoms with Gasteiger partial charge >= 0.3 is 0 Å².